The van der Waals surface area contributed by atoms with Crippen LogP contribution in [0, 0.1) is 0 Å². The number of fused-ring (bicyclic) bond motifs is 1. The number of amides is 2. The van der Waals surface area contributed by atoms with Crippen molar-refractivity contribution in [2.24, 2.45) is 0 Å². The fraction of sp³-hybridized carbons (Fsp3) is 0.333. The second kappa shape index (κ2) is 8.93. The minimum atomic E-state index is -0.692. The Morgan fingerprint density at radius 2 is 1.85 bits per heavy atom. The highest BCUT2D eigenvalue weighted by Gasteiger charge is 2.43. The van der Waals surface area contributed by atoms with Gasteiger partial charge in [0.05, 0.1) is 26.2 Å². The van der Waals surface area contributed by atoms with Crippen LogP contribution in [0.2, 0.25) is 0 Å². The summed E-state index contributed by atoms with van der Waals surface area (Å²) in [5, 5.41) is 9.80. The summed E-state index contributed by atoms with van der Waals surface area (Å²) in [5.74, 6) is 0.943. The quantitative estimate of drug-likeness (QED) is 0.596. The predicted octanol–water partition coefficient (Wildman–Crippen LogP) is 3.49. The summed E-state index contributed by atoms with van der Waals surface area (Å²) < 4.78 is 10.8. The molecule has 0 saturated carbocycles. The standard InChI is InChI=1S/C24H27N5O4/c1-13(2)21-25-24(28-27-21)26-22(30)19-15-8-6-7-9-16(15)23(31)29(3)20(19)14-10-11-17(32-4)18(12-14)33-5/h6-13,19-20H,1-5H3,(H2,25,26,27,28,30)/t19-,20+/m1/s1. The summed E-state index contributed by atoms with van der Waals surface area (Å²) in [6.45, 7) is 3.97. The number of H-pyrrole nitrogens is 1. The number of likely N-dealkylation sites (N-methyl/N-ethyl adjacent to an activating group) is 1. The number of benzene rings is 2. The topological polar surface area (TPSA) is 109 Å². The molecule has 0 saturated heterocycles. The van der Waals surface area contributed by atoms with Gasteiger partial charge in [-0.2, -0.15) is 4.98 Å². The van der Waals surface area contributed by atoms with Crippen LogP contribution >= 0.6 is 0 Å². The van der Waals surface area contributed by atoms with E-state index in [2.05, 4.69) is 20.5 Å². The lowest BCUT2D eigenvalue weighted by atomic mass is 9.79. The van der Waals surface area contributed by atoms with Crippen molar-refractivity contribution in [3.8, 4) is 11.5 Å². The minimum absolute atomic E-state index is 0.141. The van der Waals surface area contributed by atoms with Gasteiger partial charge in [0.2, 0.25) is 11.9 Å². The molecular formula is C24H27N5O4. The summed E-state index contributed by atoms with van der Waals surface area (Å²) >= 11 is 0. The molecule has 2 heterocycles. The number of carbonyl (C=O) groups is 2. The van der Waals surface area contributed by atoms with Crippen LogP contribution in [-0.2, 0) is 4.79 Å². The molecule has 0 fully saturated rings. The molecule has 33 heavy (non-hydrogen) atoms. The van der Waals surface area contributed by atoms with Gasteiger partial charge in [0.25, 0.3) is 5.91 Å². The number of nitrogens with one attached hydrogen (secondary N) is 2. The Kier molecular flexibility index (Phi) is 6.04. The summed E-state index contributed by atoms with van der Waals surface area (Å²) in [4.78, 5) is 32.8. The van der Waals surface area contributed by atoms with Gasteiger partial charge in [0, 0.05) is 18.5 Å². The maximum Gasteiger partial charge on any atom is 0.254 e. The second-order valence-corrected chi connectivity index (χ2v) is 8.23. The highest BCUT2D eigenvalue weighted by molar-refractivity contribution is 6.03. The zero-order valence-electron chi connectivity index (χ0n) is 19.2. The maximum atomic E-state index is 13.6. The van der Waals surface area contributed by atoms with E-state index < -0.39 is 12.0 Å². The van der Waals surface area contributed by atoms with E-state index in [0.717, 1.165) is 5.56 Å². The number of hydrogen-bond acceptors (Lipinski definition) is 6. The molecule has 0 unspecified atom stereocenters. The number of ether oxygens (including phenoxy) is 2. The minimum Gasteiger partial charge on any atom is -0.493 e. The van der Waals surface area contributed by atoms with E-state index in [1.807, 2.05) is 32.0 Å². The first-order chi connectivity index (χ1) is 15.8. The van der Waals surface area contributed by atoms with E-state index in [0.29, 0.717) is 28.5 Å². The fourth-order valence-corrected chi connectivity index (χ4v) is 4.19. The number of aromatic amines is 1. The zero-order valence-corrected chi connectivity index (χ0v) is 19.2. The molecule has 0 aliphatic carbocycles. The fourth-order valence-electron chi connectivity index (χ4n) is 4.19. The van der Waals surface area contributed by atoms with Crippen molar-refractivity contribution in [1.82, 2.24) is 20.1 Å². The third-order valence-electron chi connectivity index (χ3n) is 5.90. The third kappa shape index (κ3) is 4.02. The number of hydrogen-bond donors (Lipinski definition) is 2. The van der Waals surface area contributed by atoms with E-state index in [-0.39, 0.29) is 23.7 Å². The molecule has 4 rings (SSSR count). The van der Waals surface area contributed by atoms with E-state index >= 15 is 0 Å². The number of rotatable bonds is 6. The number of aromatic nitrogens is 3. The van der Waals surface area contributed by atoms with E-state index in [4.69, 9.17) is 9.47 Å². The summed E-state index contributed by atoms with van der Waals surface area (Å²) in [5.41, 5.74) is 1.89. The van der Waals surface area contributed by atoms with Gasteiger partial charge in [-0.1, -0.05) is 38.1 Å². The van der Waals surface area contributed by atoms with Crippen LogP contribution in [-0.4, -0.2) is 53.2 Å². The van der Waals surface area contributed by atoms with Gasteiger partial charge >= 0.3 is 0 Å². The molecule has 0 spiro atoms. The average Bonchev–Trinajstić information content (AvgIpc) is 3.29. The van der Waals surface area contributed by atoms with Crippen LogP contribution in [0.4, 0.5) is 5.95 Å². The first-order valence-electron chi connectivity index (χ1n) is 10.7. The Labute approximate surface area is 192 Å². The normalized spacial score (nSPS) is 17.6. The molecule has 0 bridgehead atoms. The maximum absolute atomic E-state index is 13.6. The molecule has 2 aromatic carbocycles. The lowest BCUT2D eigenvalue weighted by Crippen LogP contribution is -2.44. The summed E-state index contributed by atoms with van der Waals surface area (Å²) in [6, 6.07) is 12.0. The molecule has 2 amide bonds. The van der Waals surface area contributed by atoms with E-state index in [1.165, 1.54) is 0 Å². The van der Waals surface area contributed by atoms with E-state index in [9.17, 15) is 9.59 Å². The Bertz CT molecular complexity index is 1190. The molecule has 0 radical (unpaired) electrons. The molecule has 9 nitrogen and oxygen atoms in total. The number of carbonyl (C=O) groups excluding carboxylic acids is 2. The molecule has 172 valence electrons. The molecule has 2 atom stereocenters. The highest BCUT2D eigenvalue weighted by Crippen LogP contribution is 2.44. The molecule has 1 aliphatic rings. The monoisotopic (exact) mass is 449 g/mol. The van der Waals surface area contributed by atoms with Crippen molar-refractivity contribution in [1.29, 1.82) is 0 Å². The number of anilines is 1. The summed E-state index contributed by atoms with van der Waals surface area (Å²) in [6.07, 6.45) is 0. The van der Waals surface area contributed by atoms with Crippen molar-refractivity contribution in [3.63, 3.8) is 0 Å². The van der Waals surface area contributed by atoms with Gasteiger partial charge < -0.3 is 14.4 Å². The van der Waals surface area contributed by atoms with Crippen LogP contribution in [0.25, 0.3) is 0 Å². The number of nitrogens with zero attached hydrogens (tertiary/aromatic N) is 3. The Morgan fingerprint density at radius 1 is 1.12 bits per heavy atom. The van der Waals surface area contributed by atoms with Crippen molar-refractivity contribution in [2.75, 3.05) is 26.6 Å². The Hall–Kier alpha value is -3.88. The molecule has 3 aromatic rings. The lowest BCUT2D eigenvalue weighted by molar-refractivity contribution is -0.119. The van der Waals surface area contributed by atoms with E-state index in [1.54, 1.807) is 50.4 Å². The van der Waals surface area contributed by atoms with Gasteiger partial charge in [0.15, 0.2) is 11.5 Å². The van der Waals surface area contributed by atoms with Crippen molar-refractivity contribution in [2.45, 2.75) is 31.7 Å². The molecule has 9 heteroatoms. The highest BCUT2D eigenvalue weighted by atomic mass is 16.5. The van der Waals surface area contributed by atoms with Crippen LogP contribution in [0.3, 0.4) is 0 Å². The van der Waals surface area contributed by atoms with Gasteiger partial charge in [-0.15, -0.1) is 5.10 Å². The Morgan fingerprint density at radius 3 is 2.52 bits per heavy atom. The zero-order chi connectivity index (χ0) is 23.7. The van der Waals surface area contributed by atoms with Crippen molar-refractivity contribution in [3.05, 3.63) is 65.0 Å². The first-order valence-corrected chi connectivity index (χ1v) is 10.7. The van der Waals surface area contributed by atoms with Gasteiger partial charge in [0.1, 0.15) is 5.82 Å². The van der Waals surface area contributed by atoms with Crippen molar-refractivity contribution < 1.29 is 19.1 Å². The van der Waals surface area contributed by atoms with Crippen LogP contribution in [0.15, 0.2) is 42.5 Å². The average molecular weight is 450 g/mol. The third-order valence-corrected chi connectivity index (χ3v) is 5.90. The predicted molar refractivity (Wildman–Crippen MR) is 123 cm³/mol. The number of methoxy groups -OCH3 is 2. The molecular weight excluding hydrogens is 422 g/mol. The molecule has 1 aromatic heterocycles. The van der Waals surface area contributed by atoms with Crippen LogP contribution < -0.4 is 14.8 Å². The Balaban J connectivity index is 1.79. The summed E-state index contributed by atoms with van der Waals surface area (Å²) in [7, 11) is 4.80. The largest absolute Gasteiger partial charge is 0.493 e. The van der Waals surface area contributed by atoms with Crippen LogP contribution in [0.1, 0.15) is 59.0 Å². The molecule has 1 aliphatic heterocycles. The smallest absolute Gasteiger partial charge is 0.254 e. The second-order valence-electron chi connectivity index (χ2n) is 8.23. The first kappa shape index (κ1) is 22.3. The van der Waals surface area contributed by atoms with Gasteiger partial charge in [-0.25, -0.2) is 0 Å². The SMILES string of the molecule is COc1ccc([C@H]2[C@H](C(=O)Nc3n[nH]c(C(C)C)n3)c3ccccc3C(=O)N2C)cc1OC. The van der Waals surface area contributed by atoms with Crippen LogP contribution in [0.5, 0.6) is 11.5 Å². The van der Waals surface area contributed by atoms with Crippen molar-refractivity contribution >= 4 is 17.8 Å². The van der Waals surface area contributed by atoms with Gasteiger partial charge in [-0.05, 0) is 29.3 Å². The lowest BCUT2D eigenvalue weighted by Gasteiger charge is -2.39. The molecule has 2 N–H and O–H groups in total. The van der Waals surface area contributed by atoms with Gasteiger partial charge in [-0.3, -0.25) is 20.0 Å².